The van der Waals surface area contributed by atoms with Crippen LogP contribution in [0.3, 0.4) is 0 Å². The van der Waals surface area contributed by atoms with E-state index in [4.69, 9.17) is 4.52 Å². The van der Waals surface area contributed by atoms with E-state index in [9.17, 15) is 4.79 Å². The lowest BCUT2D eigenvalue weighted by molar-refractivity contribution is 0.0717. The maximum atomic E-state index is 12.8. The maximum absolute atomic E-state index is 12.8. The van der Waals surface area contributed by atoms with E-state index < -0.39 is 0 Å². The molecule has 0 aromatic carbocycles. The quantitative estimate of drug-likeness (QED) is 0.730. The summed E-state index contributed by atoms with van der Waals surface area (Å²) < 4.78 is 7.17. The highest BCUT2D eigenvalue weighted by molar-refractivity contribution is 5.93. The van der Waals surface area contributed by atoms with E-state index in [1.807, 2.05) is 23.7 Å². The molecule has 8 heteroatoms. The van der Waals surface area contributed by atoms with E-state index >= 15 is 0 Å². The third-order valence-electron chi connectivity index (χ3n) is 4.25. The van der Waals surface area contributed by atoms with Gasteiger partial charge in [0.25, 0.3) is 5.91 Å². The molecule has 1 unspecified atom stereocenters. The van der Waals surface area contributed by atoms with Crippen molar-refractivity contribution in [2.24, 2.45) is 7.05 Å². The Morgan fingerprint density at radius 1 is 1.33 bits per heavy atom. The molecule has 1 atom stereocenters. The van der Waals surface area contributed by atoms with Crippen LogP contribution in [0.25, 0.3) is 11.3 Å². The maximum Gasteiger partial charge on any atom is 0.276 e. The highest BCUT2D eigenvalue weighted by atomic mass is 16.5. The van der Waals surface area contributed by atoms with Crippen molar-refractivity contribution in [3.63, 3.8) is 0 Å². The van der Waals surface area contributed by atoms with Gasteiger partial charge in [-0.2, -0.15) is 0 Å². The van der Waals surface area contributed by atoms with Crippen molar-refractivity contribution in [2.75, 3.05) is 6.54 Å². The Labute approximate surface area is 138 Å². The zero-order valence-corrected chi connectivity index (χ0v) is 13.2. The molecule has 0 aliphatic carbocycles. The highest BCUT2D eigenvalue weighted by Crippen LogP contribution is 2.32. The SMILES string of the molecule is Cn1cnnc1C1CCCN1C(=O)c1cc(-c2ccncc2)on1. The number of hydrogen-bond donors (Lipinski definition) is 0. The Hall–Kier alpha value is -3.03. The van der Waals surface area contributed by atoms with Gasteiger partial charge in [0.2, 0.25) is 0 Å². The molecule has 0 radical (unpaired) electrons. The van der Waals surface area contributed by atoms with Crippen molar-refractivity contribution >= 4 is 5.91 Å². The summed E-state index contributed by atoms with van der Waals surface area (Å²) >= 11 is 0. The molecule has 0 spiro atoms. The summed E-state index contributed by atoms with van der Waals surface area (Å²) in [6.07, 6.45) is 6.79. The van der Waals surface area contributed by atoms with Gasteiger partial charge in [0.15, 0.2) is 17.3 Å². The van der Waals surface area contributed by atoms with Gasteiger partial charge in [-0.25, -0.2) is 0 Å². The second-order valence-electron chi connectivity index (χ2n) is 5.77. The Morgan fingerprint density at radius 2 is 2.17 bits per heavy atom. The molecule has 0 saturated carbocycles. The van der Waals surface area contributed by atoms with Crippen molar-refractivity contribution in [3.05, 3.63) is 48.4 Å². The van der Waals surface area contributed by atoms with Crippen LogP contribution >= 0.6 is 0 Å². The van der Waals surface area contributed by atoms with Crippen molar-refractivity contribution in [1.82, 2.24) is 29.8 Å². The summed E-state index contributed by atoms with van der Waals surface area (Å²) in [5.41, 5.74) is 1.14. The fraction of sp³-hybridized carbons (Fsp3) is 0.312. The van der Waals surface area contributed by atoms with Gasteiger partial charge >= 0.3 is 0 Å². The van der Waals surface area contributed by atoms with Gasteiger partial charge in [-0.3, -0.25) is 9.78 Å². The topological polar surface area (TPSA) is 89.9 Å². The standard InChI is InChI=1S/C16H16N6O2/c1-21-10-18-19-15(21)13-3-2-8-22(13)16(23)12-9-14(24-20-12)11-4-6-17-7-5-11/h4-7,9-10,13H,2-3,8H2,1H3. The van der Waals surface area contributed by atoms with E-state index in [1.165, 1.54) is 0 Å². The molecule has 0 bridgehead atoms. The normalized spacial score (nSPS) is 17.4. The van der Waals surface area contributed by atoms with Crippen molar-refractivity contribution in [2.45, 2.75) is 18.9 Å². The molecule has 4 rings (SSSR count). The molecular formula is C16H16N6O2. The van der Waals surface area contributed by atoms with Gasteiger partial charge in [0, 0.05) is 37.6 Å². The lowest BCUT2D eigenvalue weighted by atomic mass is 10.2. The number of aromatic nitrogens is 5. The van der Waals surface area contributed by atoms with Crippen molar-refractivity contribution in [3.8, 4) is 11.3 Å². The van der Waals surface area contributed by atoms with Gasteiger partial charge < -0.3 is 14.0 Å². The molecule has 1 saturated heterocycles. The molecule has 1 amide bonds. The van der Waals surface area contributed by atoms with Gasteiger partial charge in [-0.15, -0.1) is 10.2 Å². The monoisotopic (exact) mass is 324 g/mol. The molecule has 24 heavy (non-hydrogen) atoms. The number of likely N-dealkylation sites (tertiary alicyclic amines) is 1. The predicted octanol–water partition coefficient (Wildman–Crippen LogP) is 1.84. The summed E-state index contributed by atoms with van der Waals surface area (Å²) in [7, 11) is 1.88. The summed E-state index contributed by atoms with van der Waals surface area (Å²) in [6.45, 7) is 0.674. The summed E-state index contributed by atoms with van der Waals surface area (Å²) in [6, 6.07) is 5.22. The van der Waals surface area contributed by atoms with Gasteiger partial charge in [-0.05, 0) is 25.0 Å². The number of rotatable bonds is 3. The lowest BCUT2D eigenvalue weighted by Gasteiger charge is -2.22. The molecule has 122 valence electrons. The number of carbonyl (C=O) groups excluding carboxylic acids is 1. The second kappa shape index (κ2) is 5.88. The van der Waals surface area contributed by atoms with Gasteiger partial charge in [-0.1, -0.05) is 5.16 Å². The molecule has 8 nitrogen and oxygen atoms in total. The molecule has 3 aromatic rings. The van der Waals surface area contributed by atoms with Crippen molar-refractivity contribution in [1.29, 1.82) is 0 Å². The molecule has 1 aliphatic heterocycles. The Kier molecular flexibility index (Phi) is 3.56. The Morgan fingerprint density at radius 3 is 2.92 bits per heavy atom. The minimum Gasteiger partial charge on any atom is -0.355 e. The Balaban J connectivity index is 1.60. The molecule has 1 fully saturated rings. The van der Waals surface area contributed by atoms with Crippen LogP contribution in [0.15, 0.2) is 41.4 Å². The number of aryl methyl sites for hydroxylation is 1. The first-order valence-corrected chi connectivity index (χ1v) is 7.76. The minimum absolute atomic E-state index is 0.0777. The first-order valence-electron chi connectivity index (χ1n) is 7.76. The minimum atomic E-state index is -0.149. The van der Waals surface area contributed by atoms with Crippen LogP contribution in [0.4, 0.5) is 0 Å². The van der Waals surface area contributed by atoms with E-state index in [2.05, 4.69) is 20.3 Å². The van der Waals surface area contributed by atoms with Crippen LogP contribution in [0.1, 0.15) is 35.2 Å². The lowest BCUT2D eigenvalue weighted by Crippen LogP contribution is -2.32. The summed E-state index contributed by atoms with van der Waals surface area (Å²) in [4.78, 5) is 18.6. The van der Waals surface area contributed by atoms with Crippen LogP contribution in [0.2, 0.25) is 0 Å². The van der Waals surface area contributed by atoms with Crippen molar-refractivity contribution < 1.29 is 9.32 Å². The largest absolute Gasteiger partial charge is 0.355 e. The predicted molar refractivity (Wildman–Crippen MR) is 83.7 cm³/mol. The fourth-order valence-corrected chi connectivity index (χ4v) is 3.05. The summed E-state index contributed by atoms with van der Waals surface area (Å²) in [5.74, 6) is 1.19. The average Bonchev–Trinajstić information content (AvgIpc) is 3.35. The van der Waals surface area contributed by atoms with Crippen LogP contribution < -0.4 is 0 Å². The number of nitrogens with zero attached hydrogens (tertiary/aromatic N) is 6. The number of carbonyl (C=O) groups is 1. The zero-order valence-electron chi connectivity index (χ0n) is 13.2. The van der Waals surface area contributed by atoms with Crippen LogP contribution in [0.5, 0.6) is 0 Å². The number of pyridine rings is 1. The fourth-order valence-electron chi connectivity index (χ4n) is 3.05. The smallest absolute Gasteiger partial charge is 0.276 e. The first-order chi connectivity index (χ1) is 11.7. The van der Waals surface area contributed by atoms with E-state index in [0.717, 1.165) is 24.2 Å². The molecule has 1 aliphatic rings. The number of amides is 1. The van der Waals surface area contributed by atoms with Crippen LogP contribution in [0, 0.1) is 0 Å². The summed E-state index contributed by atoms with van der Waals surface area (Å²) in [5, 5.41) is 12.0. The third-order valence-corrected chi connectivity index (χ3v) is 4.25. The van der Waals surface area contributed by atoms with E-state index in [0.29, 0.717) is 18.0 Å². The highest BCUT2D eigenvalue weighted by Gasteiger charge is 2.34. The zero-order chi connectivity index (χ0) is 16.5. The van der Waals surface area contributed by atoms with E-state index in [1.54, 1.807) is 29.7 Å². The van der Waals surface area contributed by atoms with Gasteiger partial charge in [0.1, 0.15) is 6.33 Å². The molecular weight excluding hydrogens is 308 g/mol. The molecule has 0 N–H and O–H groups in total. The number of hydrogen-bond acceptors (Lipinski definition) is 6. The van der Waals surface area contributed by atoms with Gasteiger partial charge in [0.05, 0.1) is 6.04 Å². The Bertz CT molecular complexity index is 856. The molecule has 3 aromatic heterocycles. The second-order valence-corrected chi connectivity index (χ2v) is 5.77. The first kappa shape index (κ1) is 14.6. The van der Waals surface area contributed by atoms with Crippen LogP contribution in [-0.2, 0) is 7.05 Å². The van der Waals surface area contributed by atoms with E-state index in [-0.39, 0.29) is 11.9 Å². The average molecular weight is 324 g/mol. The van der Waals surface area contributed by atoms with Crippen LogP contribution in [-0.4, -0.2) is 42.3 Å². The third kappa shape index (κ3) is 2.45. The molecule has 4 heterocycles.